The fourth-order valence-electron chi connectivity index (χ4n) is 4.10. The topological polar surface area (TPSA) is 55.9 Å². The summed E-state index contributed by atoms with van der Waals surface area (Å²) < 4.78 is 0. The zero-order chi connectivity index (χ0) is 18.3. The van der Waals surface area contributed by atoms with E-state index in [1.807, 2.05) is 6.92 Å². The van der Waals surface area contributed by atoms with E-state index >= 15 is 0 Å². The molecule has 2 saturated heterocycles. The van der Waals surface area contributed by atoms with Crippen molar-refractivity contribution >= 4 is 11.9 Å². The molecule has 2 heterocycles. The van der Waals surface area contributed by atoms with Crippen molar-refractivity contribution in [2.75, 3.05) is 32.8 Å². The third-order valence-electron chi connectivity index (χ3n) is 6.16. The molecule has 0 aromatic heterocycles. The standard InChI is InChI=1S/C20H28N4O2/c1-15-5-3-4-6-16(15)13-22-9-11-23(12-10-22)14-24-18(25)20(2,17-7-8-17)21-19(24)26/h3-6,17H,7-14H2,1-2H3,(H,21,26)/t20-/m0/s1. The van der Waals surface area contributed by atoms with Crippen LogP contribution in [-0.2, 0) is 11.3 Å². The molecule has 0 radical (unpaired) electrons. The summed E-state index contributed by atoms with van der Waals surface area (Å²) in [5, 5.41) is 2.93. The van der Waals surface area contributed by atoms with Crippen LogP contribution in [-0.4, -0.2) is 65.0 Å². The number of hydrogen-bond donors (Lipinski definition) is 1. The van der Waals surface area contributed by atoms with Gasteiger partial charge >= 0.3 is 6.03 Å². The van der Waals surface area contributed by atoms with E-state index in [2.05, 4.69) is 46.3 Å². The van der Waals surface area contributed by atoms with E-state index in [-0.39, 0.29) is 11.9 Å². The van der Waals surface area contributed by atoms with E-state index < -0.39 is 5.54 Å². The molecule has 1 aromatic rings. The number of carbonyl (C=O) groups is 2. The fourth-order valence-corrected chi connectivity index (χ4v) is 4.10. The lowest BCUT2D eigenvalue weighted by atomic mass is 9.96. The second kappa shape index (κ2) is 6.67. The van der Waals surface area contributed by atoms with Crippen LogP contribution in [0, 0.1) is 12.8 Å². The van der Waals surface area contributed by atoms with Crippen molar-refractivity contribution in [2.45, 2.75) is 38.8 Å². The van der Waals surface area contributed by atoms with Gasteiger partial charge in [-0.15, -0.1) is 0 Å². The molecule has 6 nitrogen and oxygen atoms in total. The highest BCUT2D eigenvalue weighted by Crippen LogP contribution is 2.42. The van der Waals surface area contributed by atoms with Crippen LogP contribution in [0.2, 0.25) is 0 Å². The van der Waals surface area contributed by atoms with Gasteiger partial charge in [0.25, 0.3) is 5.91 Å². The second-order valence-electron chi connectivity index (χ2n) is 8.10. The number of nitrogens with one attached hydrogen (secondary N) is 1. The maximum absolute atomic E-state index is 12.7. The Bertz CT molecular complexity index is 710. The summed E-state index contributed by atoms with van der Waals surface area (Å²) in [6.07, 6.45) is 2.07. The average molecular weight is 356 g/mol. The number of imide groups is 1. The minimum atomic E-state index is -0.677. The van der Waals surface area contributed by atoms with Crippen molar-refractivity contribution in [2.24, 2.45) is 5.92 Å². The number of benzene rings is 1. The predicted octanol–water partition coefficient (Wildman–Crippen LogP) is 1.79. The predicted molar refractivity (Wildman–Crippen MR) is 99.4 cm³/mol. The summed E-state index contributed by atoms with van der Waals surface area (Å²) in [7, 11) is 0. The van der Waals surface area contributed by atoms with Gasteiger partial charge in [0.05, 0.1) is 6.67 Å². The zero-order valence-electron chi connectivity index (χ0n) is 15.7. The number of nitrogens with zero attached hydrogens (tertiary/aromatic N) is 3. The van der Waals surface area contributed by atoms with Crippen molar-refractivity contribution in [3.8, 4) is 0 Å². The van der Waals surface area contributed by atoms with E-state index in [4.69, 9.17) is 0 Å². The van der Waals surface area contributed by atoms with Crippen LogP contribution in [0.25, 0.3) is 0 Å². The zero-order valence-corrected chi connectivity index (χ0v) is 15.7. The van der Waals surface area contributed by atoms with Gasteiger partial charge in [-0.1, -0.05) is 24.3 Å². The van der Waals surface area contributed by atoms with Gasteiger partial charge < -0.3 is 5.32 Å². The Morgan fingerprint density at radius 2 is 1.73 bits per heavy atom. The van der Waals surface area contributed by atoms with Crippen LogP contribution in [0.1, 0.15) is 30.9 Å². The number of amides is 3. The molecule has 3 amide bonds. The van der Waals surface area contributed by atoms with E-state index in [1.165, 1.54) is 16.0 Å². The third kappa shape index (κ3) is 3.23. The highest BCUT2D eigenvalue weighted by molar-refractivity contribution is 6.07. The molecule has 140 valence electrons. The lowest BCUT2D eigenvalue weighted by Crippen LogP contribution is -2.51. The van der Waals surface area contributed by atoms with E-state index in [0.29, 0.717) is 12.6 Å². The van der Waals surface area contributed by atoms with Crippen LogP contribution < -0.4 is 5.32 Å². The summed E-state index contributed by atoms with van der Waals surface area (Å²) in [5.74, 6) is 0.266. The normalized spacial score (nSPS) is 27.8. The molecule has 1 saturated carbocycles. The van der Waals surface area contributed by atoms with Gasteiger partial charge in [-0.25, -0.2) is 9.69 Å². The summed E-state index contributed by atoms with van der Waals surface area (Å²) >= 11 is 0. The Kier molecular flexibility index (Phi) is 4.49. The number of urea groups is 1. The van der Waals surface area contributed by atoms with Gasteiger partial charge in [-0.3, -0.25) is 14.6 Å². The number of carbonyl (C=O) groups excluding carboxylic acids is 2. The lowest BCUT2D eigenvalue weighted by molar-refractivity contribution is -0.133. The molecule has 3 aliphatic rings. The molecule has 2 aliphatic heterocycles. The molecule has 1 aromatic carbocycles. The molecule has 0 bridgehead atoms. The van der Waals surface area contributed by atoms with Crippen molar-refractivity contribution < 1.29 is 9.59 Å². The third-order valence-corrected chi connectivity index (χ3v) is 6.16. The molecule has 0 unspecified atom stereocenters. The van der Waals surface area contributed by atoms with Gasteiger partial charge in [-0.2, -0.15) is 0 Å². The summed E-state index contributed by atoms with van der Waals surface area (Å²) in [6.45, 7) is 9.07. The first kappa shape index (κ1) is 17.5. The van der Waals surface area contributed by atoms with Gasteiger partial charge in [0.1, 0.15) is 5.54 Å². The molecular formula is C20H28N4O2. The highest BCUT2D eigenvalue weighted by Gasteiger charge is 2.56. The van der Waals surface area contributed by atoms with Crippen molar-refractivity contribution in [1.29, 1.82) is 0 Å². The minimum absolute atomic E-state index is 0.0488. The maximum atomic E-state index is 12.7. The molecule has 6 heteroatoms. The number of hydrogen-bond acceptors (Lipinski definition) is 4. The highest BCUT2D eigenvalue weighted by atomic mass is 16.2. The Balaban J connectivity index is 1.31. The number of rotatable bonds is 5. The van der Waals surface area contributed by atoms with Crippen LogP contribution >= 0.6 is 0 Å². The monoisotopic (exact) mass is 356 g/mol. The molecule has 0 spiro atoms. The Hall–Kier alpha value is -1.92. The van der Waals surface area contributed by atoms with E-state index in [0.717, 1.165) is 45.6 Å². The minimum Gasteiger partial charge on any atom is -0.323 e. The molecule has 4 rings (SSSR count). The second-order valence-corrected chi connectivity index (χ2v) is 8.10. The van der Waals surface area contributed by atoms with Crippen molar-refractivity contribution in [3.63, 3.8) is 0 Å². The smallest absolute Gasteiger partial charge is 0.323 e. The van der Waals surface area contributed by atoms with Crippen LogP contribution in [0.3, 0.4) is 0 Å². The Morgan fingerprint density at radius 1 is 1.08 bits per heavy atom. The first-order valence-corrected chi connectivity index (χ1v) is 9.61. The molecule has 1 N–H and O–H groups in total. The molecular weight excluding hydrogens is 328 g/mol. The first-order chi connectivity index (χ1) is 12.5. The Morgan fingerprint density at radius 3 is 2.38 bits per heavy atom. The summed E-state index contributed by atoms with van der Waals surface area (Å²) in [5.41, 5.74) is 2.02. The average Bonchev–Trinajstić information content (AvgIpc) is 3.45. The van der Waals surface area contributed by atoms with Gasteiger partial charge in [0, 0.05) is 32.7 Å². The van der Waals surface area contributed by atoms with E-state index in [1.54, 1.807) is 0 Å². The van der Waals surface area contributed by atoms with Crippen molar-refractivity contribution in [3.05, 3.63) is 35.4 Å². The van der Waals surface area contributed by atoms with Crippen molar-refractivity contribution in [1.82, 2.24) is 20.0 Å². The molecule has 26 heavy (non-hydrogen) atoms. The molecule has 1 aliphatic carbocycles. The Labute approximate surface area is 155 Å². The maximum Gasteiger partial charge on any atom is 0.326 e. The number of aryl methyl sites for hydroxylation is 1. The van der Waals surface area contributed by atoms with Crippen LogP contribution in [0.15, 0.2) is 24.3 Å². The van der Waals surface area contributed by atoms with Gasteiger partial charge in [-0.05, 0) is 43.7 Å². The first-order valence-electron chi connectivity index (χ1n) is 9.61. The van der Waals surface area contributed by atoms with Gasteiger partial charge in [0.15, 0.2) is 0 Å². The molecule has 3 fully saturated rings. The summed E-state index contributed by atoms with van der Waals surface area (Å²) in [4.78, 5) is 31.1. The van der Waals surface area contributed by atoms with Crippen LogP contribution in [0.4, 0.5) is 4.79 Å². The summed E-state index contributed by atoms with van der Waals surface area (Å²) in [6, 6.07) is 8.28. The lowest BCUT2D eigenvalue weighted by Gasteiger charge is -2.36. The largest absolute Gasteiger partial charge is 0.326 e. The quantitative estimate of drug-likeness (QED) is 0.818. The SMILES string of the molecule is Cc1ccccc1CN1CCN(CN2C(=O)N[C@@](C)(C3CC3)C2=O)CC1. The fraction of sp³-hybridized carbons (Fsp3) is 0.600. The molecule has 1 atom stereocenters. The van der Waals surface area contributed by atoms with E-state index in [9.17, 15) is 9.59 Å². The van der Waals surface area contributed by atoms with Gasteiger partial charge in [0.2, 0.25) is 0 Å². The van der Waals surface area contributed by atoms with Crippen LogP contribution in [0.5, 0.6) is 0 Å². The number of piperazine rings is 1.